The Morgan fingerprint density at radius 3 is 2.50 bits per heavy atom. The number of rotatable bonds is 4. The maximum atomic E-state index is 6.56. The van der Waals surface area contributed by atoms with E-state index >= 15 is 0 Å². The highest BCUT2D eigenvalue weighted by atomic mass is 79.9. The average molecular weight is 334 g/mol. The summed E-state index contributed by atoms with van der Waals surface area (Å²) >= 11 is 10.1. The molecule has 1 heterocycles. The second kappa shape index (κ2) is 6.16. The number of alkyl halides is 1. The van der Waals surface area contributed by atoms with Crippen LogP contribution in [0.3, 0.4) is 0 Å². The standard InChI is InChI=1S/C14H18BrClO2/c1-3-4-9(2)14(16)10-7-12-13(8-11(10)15)18-6-5-17-12/h7-9,14H,3-6H2,1-2H3. The van der Waals surface area contributed by atoms with E-state index in [0.717, 1.165) is 34.4 Å². The van der Waals surface area contributed by atoms with E-state index in [0.29, 0.717) is 19.1 Å². The van der Waals surface area contributed by atoms with Gasteiger partial charge >= 0.3 is 0 Å². The van der Waals surface area contributed by atoms with Crippen LogP contribution in [0, 0.1) is 5.92 Å². The number of ether oxygens (including phenoxy) is 2. The smallest absolute Gasteiger partial charge is 0.162 e. The Kier molecular flexibility index (Phi) is 4.79. The van der Waals surface area contributed by atoms with E-state index in [4.69, 9.17) is 21.1 Å². The minimum absolute atomic E-state index is 0.00449. The van der Waals surface area contributed by atoms with Crippen LogP contribution in [-0.2, 0) is 0 Å². The van der Waals surface area contributed by atoms with Crippen molar-refractivity contribution in [2.45, 2.75) is 32.1 Å². The highest BCUT2D eigenvalue weighted by Crippen LogP contribution is 2.42. The van der Waals surface area contributed by atoms with Gasteiger partial charge in [-0.05, 0) is 30.0 Å². The third-order valence-corrected chi connectivity index (χ3v) is 4.55. The van der Waals surface area contributed by atoms with Crippen molar-refractivity contribution in [1.29, 1.82) is 0 Å². The summed E-state index contributed by atoms with van der Waals surface area (Å²) in [7, 11) is 0. The van der Waals surface area contributed by atoms with Crippen molar-refractivity contribution in [2.24, 2.45) is 5.92 Å². The van der Waals surface area contributed by atoms with Crippen molar-refractivity contribution in [3.63, 3.8) is 0 Å². The fourth-order valence-corrected chi connectivity index (χ4v) is 3.21. The molecule has 0 saturated carbocycles. The summed E-state index contributed by atoms with van der Waals surface area (Å²) < 4.78 is 12.1. The zero-order chi connectivity index (χ0) is 13.1. The monoisotopic (exact) mass is 332 g/mol. The molecule has 1 aromatic rings. The molecule has 100 valence electrons. The fraction of sp³-hybridized carbons (Fsp3) is 0.571. The molecule has 1 aromatic carbocycles. The van der Waals surface area contributed by atoms with E-state index in [2.05, 4.69) is 29.8 Å². The van der Waals surface area contributed by atoms with Crippen molar-refractivity contribution < 1.29 is 9.47 Å². The number of hydrogen-bond acceptors (Lipinski definition) is 2. The second-order valence-corrected chi connectivity index (χ2v) is 6.01. The summed E-state index contributed by atoms with van der Waals surface area (Å²) in [6.45, 7) is 5.57. The summed E-state index contributed by atoms with van der Waals surface area (Å²) in [5, 5.41) is -0.00449. The number of fused-ring (bicyclic) bond motifs is 1. The van der Waals surface area contributed by atoms with E-state index in [1.54, 1.807) is 0 Å². The molecule has 18 heavy (non-hydrogen) atoms. The Balaban J connectivity index is 2.27. The van der Waals surface area contributed by atoms with E-state index in [1.165, 1.54) is 0 Å². The van der Waals surface area contributed by atoms with Crippen molar-refractivity contribution in [2.75, 3.05) is 13.2 Å². The summed E-state index contributed by atoms with van der Waals surface area (Å²) in [6.07, 6.45) is 2.27. The number of halogens is 2. The van der Waals surface area contributed by atoms with E-state index in [-0.39, 0.29) is 5.38 Å². The predicted molar refractivity (Wildman–Crippen MR) is 77.8 cm³/mol. The summed E-state index contributed by atoms with van der Waals surface area (Å²) in [4.78, 5) is 0. The largest absolute Gasteiger partial charge is 0.486 e. The zero-order valence-electron chi connectivity index (χ0n) is 10.7. The Labute approximate surface area is 122 Å². The van der Waals surface area contributed by atoms with Crippen LogP contribution in [-0.4, -0.2) is 13.2 Å². The molecule has 2 atom stereocenters. The Morgan fingerprint density at radius 2 is 1.89 bits per heavy atom. The lowest BCUT2D eigenvalue weighted by Gasteiger charge is -2.23. The first-order valence-electron chi connectivity index (χ1n) is 6.36. The molecule has 1 aliphatic rings. The third kappa shape index (κ3) is 2.94. The van der Waals surface area contributed by atoms with Crippen molar-refractivity contribution in [1.82, 2.24) is 0 Å². The van der Waals surface area contributed by atoms with Crippen LogP contribution in [0.5, 0.6) is 11.5 Å². The van der Waals surface area contributed by atoms with Gasteiger partial charge < -0.3 is 9.47 Å². The molecule has 4 heteroatoms. The minimum atomic E-state index is -0.00449. The maximum Gasteiger partial charge on any atom is 0.162 e. The summed E-state index contributed by atoms with van der Waals surface area (Å²) in [6, 6.07) is 3.96. The van der Waals surface area contributed by atoms with Gasteiger partial charge in [-0.3, -0.25) is 0 Å². The Bertz CT molecular complexity index is 423. The van der Waals surface area contributed by atoms with Gasteiger partial charge in [0.25, 0.3) is 0 Å². The predicted octanol–water partition coefficient (Wildman–Crippen LogP) is 4.94. The molecule has 2 unspecified atom stereocenters. The summed E-state index contributed by atoms with van der Waals surface area (Å²) in [5.74, 6) is 2.04. The molecule has 0 radical (unpaired) electrons. The van der Waals surface area contributed by atoms with E-state index in [9.17, 15) is 0 Å². The van der Waals surface area contributed by atoms with Gasteiger partial charge in [0.2, 0.25) is 0 Å². The van der Waals surface area contributed by atoms with Gasteiger partial charge in [0, 0.05) is 4.47 Å². The lowest BCUT2D eigenvalue weighted by atomic mass is 9.96. The van der Waals surface area contributed by atoms with Gasteiger partial charge in [-0.2, -0.15) is 0 Å². The lowest BCUT2D eigenvalue weighted by molar-refractivity contribution is 0.171. The van der Waals surface area contributed by atoms with Crippen molar-refractivity contribution >= 4 is 27.5 Å². The Morgan fingerprint density at radius 1 is 1.28 bits per heavy atom. The van der Waals surface area contributed by atoms with Gasteiger partial charge in [0.1, 0.15) is 13.2 Å². The van der Waals surface area contributed by atoms with Gasteiger partial charge in [-0.1, -0.05) is 36.2 Å². The minimum Gasteiger partial charge on any atom is -0.486 e. The molecule has 0 amide bonds. The number of hydrogen-bond donors (Lipinski definition) is 0. The molecule has 0 spiro atoms. The molecule has 2 rings (SSSR count). The third-order valence-electron chi connectivity index (χ3n) is 3.20. The van der Waals surface area contributed by atoms with Gasteiger partial charge in [-0.25, -0.2) is 0 Å². The first-order chi connectivity index (χ1) is 8.63. The highest BCUT2D eigenvalue weighted by Gasteiger charge is 2.22. The molecular formula is C14H18BrClO2. The Hall–Kier alpha value is -0.410. The molecule has 0 saturated heterocycles. The zero-order valence-corrected chi connectivity index (χ0v) is 13.1. The van der Waals surface area contributed by atoms with Gasteiger partial charge in [0.05, 0.1) is 5.38 Å². The SMILES string of the molecule is CCCC(C)C(Cl)c1cc2c(cc1Br)OCCO2. The molecule has 0 aliphatic carbocycles. The molecule has 0 fully saturated rings. The molecule has 2 nitrogen and oxygen atoms in total. The van der Waals surface area contributed by atoms with Crippen molar-refractivity contribution in [3.05, 3.63) is 22.2 Å². The first-order valence-corrected chi connectivity index (χ1v) is 7.59. The van der Waals surface area contributed by atoms with Crippen LogP contribution in [0.4, 0.5) is 0 Å². The van der Waals surface area contributed by atoms with Crippen LogP contribution in [0.15, 0.2) is 16.6 Å². The number of benzene rings is 1. The normalized spacial score (nSPS) is 17.3. The molecule has 1 aliphatic heterocycles. The first kappa shape index (κ1) is 14.0. The molecule has 0 aromatic heterocycles. The molecule has 0 bridgehead atoms. The van der Waals surface area contributed by atoms with E-state index in [1.807, 2.05) is 12.1 Å². The fourth-order valence-electron chi connectivity index (χ4n) is 2.20. The van der Waals surface area contributed by atoms with Gasteiger partial charge in [-0.15, -0.1) is 11.6 Å². The second-order valence-electron chi connectivity index (χ2n) is 4.69. The van der Waals surface area contributed by atoms with Crippen LogP contribution in [0.1, 0.15) is 37.6 Å². The van der Waals surface area contributed by atoms with Crippen LogP contribution in [0.25, 0.3) is 0 Å². The molecule has 0 N–H and O–H groups in total. The highest BCUT2D eigenvalue weighted by molar-refractivity contribution is 9.10. The van der Waals surface area contributed by atoms with Crippen LogP contribution in [0.2, 0.25) is 0 Å². The van der Waals surface area contributed by atoms with Crippen LogP contribution >= 0.6 is 27.5 Å². The lowest BCUT2D eigenvalue weighted by Crippen LogP contribution is -2.16. The summed E-state index contributed by atoms with van der Waals surface area (Å²) in [5.41, 5.74) is 1.09. The van der Waals surface area contributed by atoms with Crippen molar-refractivity contribution in [3.8, 4) is 11.5 Å². The molecular weight excluding hydrogens is 316 g/mol. The average Bonchev–Trinajstić information content (AvgIpc) is 2.37. The van der Waals surface area contributed by atoms with E-state index < -0.39 is 0 Å². The maximum absolute atomic E-state index is 6.56. The quantitative estimate of drug-likeness (QED) is 0.727. The topological polar surface area (TPSA) is 18.5 Å². The van der Waals surface area contributed by atoms with Crippen LogP contribution < -0.4 is 9.47 Å². The van der Waals surface area contributed by atoms with Gasteiger partial charge in [0.15, 0.2) is 11.5 Å².